The van der Waals surface area contributed by atoms with Gasteiger partial charge >= 0.3 is 0 Å². The van der Waals surface area contributed by atoms with E-state index in [1.54, 1.807) is 10.9 Å². The zero-order chi connectivity index (χ0) is 15.8. The van der Waals surface area contributed by atoms with Gasteiger partial charge in [-0.3, -0.25) is 4.68 Å². The fourth-order valence-corrected chi connectivity index (χ4v) is 2.65. The third kappa shape index (κ3) is 2.30. The Morgan fingerprint density at radius 1 is 1.22 bits per heavy atom. The van der Waals surface area contributed by atoms with Crippen molar-refractivity contribution in [2.45, 2.75) is 19.9 Å². The Morgan fingerprint density at radius 2 is 2.13 bits per heavy atom. The van der Waals surface area contributed by atoms with Crippen LogP contribution in [-0.4, -0.2) is 29.5 Å². The third-order valence-corrected chi connectivity index (χ3v) is 3.81. The van der Waals surface area contributed by atoms with Crippen molar-refractivity contribution in [3.63, 3.8) is 0 Å². The minimum atomic E-state index is 0.455. The van der Waals surface area contributed by atoms with E-state index in [0.29, 0.717) is 11.7 Å². The highest BCUT2D eigenvalue weighted by Gasteiger charge is 2.14. The van der Waals surface area contributed by atoms with E-state index in [9.17, 15) is 0 Å². The molecule has 0 saturated carbocycles. The Kier molecular flexibility index (Phi) is 3.18. The first-order valence-corrected chi connectivity index (χ1v) is 7.53. The maximum absolute atomic E-state index is 5.35. The van der Waals surface area contributed by atoms with Crippen LogP contribution < -0.4 is 0 Å². The summed E-state index contributed by atoms with van der Waals surface area (Å²) in [6, 6.07) is 7.87. The molecule has 0 fully saturated rings. The number of nitrogens with zero attached hydrogens (tertiary/aromatic N) is 6. The predicted octanol–water partition coefficient (Wildman–Crippen LogP) is 2.90. The van der Waals surface area contributed by atoms with Gasteiger partial charge in [-0.25, -0.2) is 4.98 Å². The van der Waals surface area contributed by atoms with E-state index in [-0.39, 0.29) is 0 Å². The molecule has 4 aromatic rings. The average Bonchev–Trinajstić information content (AvgIpc) is 3.27. The summed E-state index contributed by atoms with van der Waals surface area (Å²) in [6.45, 7) is 3.11. The summed E-state index contributed by atoms with van der Waals surface area (Å²) < 4.78 is 9.20. The highest BCUT2D eigenvalue weighted by Crippen LogP contribution is 2.24. The van der Waals surface area contributed by atoms with Gasteiger partial charge in [0.2, 0.25) is 5.82 Å². The van der Waals surface area contributed by atoms with Crippen LogP contribution in [0.15, 0.2) is 41.3 Å². The van der Waals surface area contributed by atoms with Gasteiger partial charge in [0.1, 0.15) is 5.69 Å². The fraction of sp³-hybridized carbons (Fsp3) is 0.250. The second kappa shape index (κ2) is 5.35. The van der Waals surface area contributed by atoms with Gasteiger partial charge in [-0.15, -0.1) is 0 Å². The monoisotopic (exact) mass is 308 g/mol. The number of aryl methyl sites for hydroxylation is 2. The van der Waals surface area contributed by atoms with Crippen LogP contribution in [0.1, 0.15) is 13.3 Å². The molecule has 116 valence electrons. The largest absolute Gasteiger partial charge is 0.332 e. The zero-order valence-electron chi connectivity index (χ0n) is 13.0. The van der Waals surface area contributed by atoms with Crippen LogP contribution >= 0.6 is 0 Å². The first kappa shape index (κ1) is 13.7. The number of benzene rings is 1. The van der Waals surface area contributed by atoms with Crippen molar-refractivity contribution in [2.75, 3.05) is 0 Å². The van der Waals surface area contributed by atoms with Gasteiger partial charge in [0.05, 0.1) is 17.4 Å². The Balaban J connectivity index is 1.72. The van der Waals surface area contributed by atoms with Crippen LogP contribution in [0.4, 0.5) is 0 Å². The second-order valence-corrected chi connectivity index (χ2v) is 5.40. The molecular weight excluding hydrogens is 292 g/mol. The molecule has 0 atom stereocenters. The molecule has 0 aliphatic heterocycles. The lowest BCUT2D eigenvalue weighted by Crippen LogP contribution is -1.94. The van der Waals surface area contributed by atoms with Crippen molar-refractivity contribution in [1.29, 1.82) is 0 Å². The van der Waals surface area contributed by atoms with Crippen molar-refractivity contribution in [2.24, 2.45) is 7.05 Å². The molecular formula is C16H16N6O. The Morgan fingerprint density at radius 3 is 2.91 bits per heavy atom. The van der Waals surface area contributed by atoms with Gasteiger partial charge in [0.15, 0.2) is 0 Å². The SMILES string of the molecule is CCCn1cnc2cc(-c3noc(-c4ccnn4C)n3)ccc21. The Bertz CT molecular complexity index is 964. The molecule has 0 aliphatic carbocycles. The van der Waals surface area contributed by atoms with Crippen molar-refractivity contribution in [1.82, 2.24) is 29.5 Å². The first-order valence-electron chi connectivity index (χ1n) is 7.53. The van der Waals surface area contributed by atoms with Crippen molar-refractivity contribution in [3.8, 4) is 23.0 Å². The van der Waals surface area contributed by atoms with Gasteiger partial charge < -0.3 is 9.09 Å². The van der Waals surface area contributed by atoms with E-state index in [0.717, 1.165) is 35.3 Å². The quantitative estimate of drug-likeness (QED) is 0.579. The minimum Gasteiger partial charge on any atom is -0.332 e. The predicted molar refractivity (Wildman–Crippen MR) is 85.5 cm³/mol. The number of imidazole rings is 1. The third-order valence-electron chi connectivity index (χ3n) is 3.81. The molecule has 1 aromatic carbocycles. The summed E-state index contributed by atoms with van der Waals surface area (Å²) in [4.78, 5) is 8.92. The molecule has 0 spiro atoms. The lowest BCUT2D eigenvalue weighted by molar-refractivity contribution is 0.428. The van der Waals surface area contributed by atoms with E-state index in [2.05, 4.69) is 31.7 Å². The van der Waals surface area contributed by atoms with Crippen LogP contribution in [0, 0.1) is 0 Å². The van der Waals surface area contributed by atoms with Crippen LogP contribution in [0.3, 0.4) is 0 Å². The molecule has 0 aliphatic rings. The molecule has 0 unspecified atom stereocenters. The van der Waals surface area contributed by atoms with E-state index in [1.165, 1.54) is 0 Å². The van der Waals surface area contributed by atoms with E-state index < -0.39 is 0 Å². The summed E-state index contributed by atoms with van der Waals surface area (Å²) in [5.74, 6) is 1.00. The van der Waals surface area contributed by atoms with Crippen LogP contribution in [0.25, 0.3) is 34.0 Å². The van der Waals surface area contributed by atoms with Gasteiger partial charge in [-0.2, -0.15) is 10.1 Å². The molecule has 4 rings (SSSR count). The summed E-state index contributed by atoms with van der Waals surface area (Å²) in [5, 5.41) is 8.18. The lowest BCUT2D eigenvalue weighted by Gasteiger charge is -2.01. The van der Waals surface area contributed by atoms with Gasteiger partial charge in [0.25, 0.3) is 5.89 Å². The minimum absolute atomic E-state index is 0.455. The van der Waals surface area contributed by atoms with Crippen molar-refractivity contribution >= 4 is 11.0 Å². The Labute approximate surface area is 132 Å². The normalized spacial score (nSPS) is 11.4. The second-order valence-electron chi connectivity index (χ2n) is 5.40. The molecule has 23 heavy (non-hydrogen) atoms. The number of hydrogen-bond donors (Lipinski definition) is 0. The highest BCUT2D eigenvalue weighted by molar-refractivity contribution is 5.80. The standard InChI is InChI=1S/C16H16N6O/c1-3-8-22-10-17-12-9-11(4-5-13(12)22)15-19-16(23-20-15)14-6-7-18-21(14)2/h4-7,9-10H,3,8H2,1-2H3. The molecule has 0 radical (unpaired) electrons. The zero-order valence-corrected chi connectivity index (χ0v) is 13.0. The van der Waals surface area contributed by atoms with Gasteiger partial charge in [0, 0.05) is 25.4 Å². The van der Waals surface area contributed by atoms with Crippen LogP contribution in [0.5, 0.6) is 0 Å². The van der Waals surface area contributed by atoms with Gasteiger partial charge in [-0.05, 0) is 30.7 Å². The molecule has 3 aromatic heterocycles. The maximum atomic E-state index is 5.35. The number of aromatic nitrogens is 6. The van der Waals surface area contributed by atoms with Crippen LogP contribution in [-0.2, 0) is 13.6 Å². The molecule has 0 amide bonds. The highest BCUT2D eigenvalue weighted by atomic mass is 16.5. The lowest BCUT2D eigenvalue weighted by atomic mass is 10.2. The number of hydrogen-bond acceptors (Lipinski definition) is 5. The Hall–Kier alpha value is -2.96. The maximum Gasteiger partial charge on any atom is 0.276 e. The van der Waals surface area contributed by atoms with Crippen molar-refractivity contribution < 1.29 is 4.52 Å². The summed E-state index contributed by atoms with van der Waals surface area (Å²) >= 11 is 0. The van der Waals surface area contributed by atoms with Crippen molar-refractivity contribution in [3.05, 3.63) is 36.8 Å². The molecule has 7 heteroatoms. The van der Waals surface area contributed by atoms with E-state index >= 15 is 0 Å². The fourth-order valence-electron chi connectivity index (χ4n) is 2.65. The average molecular weight is 308 g/mol. The molecule has 0 bridgehead atoms. The van der Waals surface area contributed by atoms with E-state index in [4.69, 9.17) is 4.52 Å². The molecule has 7 nitrogen and oxygen atoms in total. The number of rotatable bonds is 4. The smallest absolute Gasteiger partial charge is 0.276 e. The number of fused-ring (bicyclic) bond motifs is 1. The van der Waals surface area contributed by atoms with Crippen LogP contribution in [0.2, 0.25) is 0 Å². The van der Waals surface area contributed by atoms with Gasteiger partial charge in [-0.1, -0.05) is 12.1 Å². The summed E-state index contributed by atoms with van der Waals surface area (Å²) in [7, 11) is 1.84. The summed E-state index contributed by atoms with van der Waals surface area (Å²) in [6.07, 6.45) is 4.65. The first-order chi connectivity index (χ1) is 11.3. The topological polar surface area (TPSA) is 74.6 Å². The molecule has 0 N–H and O–H groups in total. The molecule has 3 heterocycles. The van der Waals surface area contributed by atoms with E-state index in [1.807, 2.05) is 37.6 Å². The summed E-state index contributed by atoms with van der Waals surface area (Å²) in [5.41, 5.74) is 3.72. The molecule has 0 saturated heterocycles.